The molecule has 0 radical (unpaired) electrons. The first-order valence-electron chi connectivity index (χ1n) is 7.84. The predicted molar refractivity (Wildman–Crippen MR) is 93.6 cm³/mol. The van der Waals surface area contributed by atoms with Gasteiger partial charge in [0.15, 0.2) is 28.3 Å². The van der Waals surface area contributed by atoms with Crippen LogP contribution in [0.25, 0.3) is 22.5 Å². The molecule has 0 N–H and O–H groups in total. The maximum Gasteiger partial charge on any atom is 0.200 e. The van der Waals surface area contributed by atoms with E-state index in [1.807, 2.05) is 17.6 Å². The van der Waals surface area contributed by atoms with E-state index in [9.17, 15) is 4.39 Å². The summed E-state index contributed by atoms with van der Waals surface area (Å²) in [4.78, 5) is 8.45. The summed E-state index contributed by atoms with van der Waals surface area (Å²) in [5.41, 5.74) is 0.495. The van der Waals surface area contributed by atoms with Crippen molar-refractivity contribution in [3.05, 3.63) is 42.7 Å². The summed E-state index contributed by atoms with van der Waals surface area (Å²) >= 11 is 1.33. The van der Waals surface area contributed by atoms with E-state index >= 15 is 0 Å². The van der Waals surface area contributed by atoms with E-state index in [1.54, 1.807) is 18.4 Å². The first-order chi connectivity index (χ1) is 12.7. The van der Waals surface area contributed by atoms with Crippen LogP contribution in [0.5, 0.6) is 5.75 Å². The zero-order chi connectivity index (χ0) is 18.1. The highest BCUT2D eigenvalue weighted by Crippen LogP contribution is 2.34. The Morgan fingerprint density at radius 3 is 2.88 bits per heavy atom. The monoisotopic (exact) mass is 371 g/mol. The van der Waals surface area contributed by atoms with Gasteiger partial charge in [0.25, 0.3) is 0 Å². The van der Waals surface area contributed by atoms with E-state index in [-0.39, 0.29) is 5.75 Å². The van der Waals surface area contributed by atoms with Crippen molar-refractivity contribution < 1.29 is 13.5 Å². The second kappa shape index (κ2) is 6.75. The van der Waals surface area contributed by atoms with Gasteiger partial charge in [0.1, 0.15) is 11.4 Å². The molecule has 3 heterocycles. The highest BCUT2D eigenvalue weighted by atomic mass is 32.2. The number of aromatic nitrogens is 5. The van der Waals surface area contributed by atoms with Gasteiger partial charge in [0, 0.05) is 18.0 Å². The van der Waals surface area contributed by atoms with Crippen molar-refractivity contribution >= 4 is 22.7 Å². The quantitative estimate of drug-likeness (QED) is 0.494. The molecule has 0 saturated carbocycles. The standard InChI is InChI=1S/C17H14FN5O2S/c1-3-23-15(13-5-4-6-25-13)21-22-17(23)26-16-10-7-14(24-2)11(18)8-12(10)19-9-20-16/h4-9H,3H2,1-2H3. The summed E-state index contributed by atoms with van der Waals surface area (Å²) in [5, 5.41) is 10.5. The van der Waals surface area contributed by atoms with E-state index in [0.29, 0.717) is 39.2 Å². The van der Waals surface area contributed by atoms with Crippen LogP contribution in [0, 0.1) is 5.82 Å². The fourth-order valence-electron chi connectivity index (χ4n) is 2.60. The zero-order valence-electron chi connectivity index (χ0n) is 14.0. The van der Waals surface area contributed by atoms with E-state index in [4.69, 9.17) is 9.15 Å². The Bertz CT molecular complexity index is 1060. The Morgan fingerprint density at radius 2 is 2.15 bits per heavy atom. The highest BCUT2D eigenvalue weighted by Gasteiger charge is 2.18. The first-order valence-corrected chi connectivity index (χ1v) is 8.66. The Morgan fingerprint density at radius 1 is 1.27 bits per heavy atom. The summed E-state index contributed by atoms with van der Waals surface area (Å²) in [7, 11) is 1.42. The molecule has 0 aliphatic rings. The molecule has 4 aromatic rings. The third kappa shape index (κ3) is 2.80. The second-order valence-electron chi connectivity index (χ2n) is 5.31. The Kier molecular flexibility index (Phi) is 4.29. The van der Waals surface area contributed by atoms with Crippen molar-refractivity contribution in [2.75, 3.05) is 7.11 Å². The van der Waals surface area contributed by atoms with Gasteiger partial charge in [-0.3, -0.25) is 4.57 Å². The molecule has 132 valence electrons. The molecular formula is C17H14FN5O2S. The largest absolute Gasteiger partial charge is 0.494 e. The number of rotatable bonds is 5. The fourth-order valence-corrected chi connectivity index (χ4v) is 3.55. The second-order valence-corrected chi connectivity index (χ2v) is 6.27. The van der Waals surface area contributed by atoms with Crippen molar-refractivity contribution in [2.45, 2.75) is 23.7 Å². The molecule has 0 unspecified atom stereocenters. The van der Waals surface area contributed by atoms with Gasteiger partial charge in [-0.2, -0.15) is 0 Å². The lowest BCUT2D eigenvalue weighted by atomic mass is 10.2. The molecule has 0 amide bonds. The van der Waals surface area contributed by atoms with Crippen LogP contribution in [0.4, 0.5) is 4.39 Å². The number of furan rings is 1. The number of hydrogen-bond acceptors (Lipinski definition) is 7. The molecule has 7 nitrogen and oxygen atoms in total. The minimum absolute atomic E-state index is 0.141. The summed E-state index contributed by atoms with van der Waals surface area (Å²) in [6.45, 7) is 2.66. The number of halogens is 1. The summed E-state index contributed by atoms with van der Waals surface area (Å²) < 4.78 is 26.4. The predicted octanol–water partition coefficient (Wildman–Crippen LogP) is 3.80. The van der Waals surface area contributed by atoms with Crippen LogP contribution in [-0.2, 0) is 6.54 Å². The third-order valence-corrected chi connectivity index (χ3v) is 4.84. The van der Waals surface area contributed by atoms with Crippen LogP contribution in [0.3, 0.4) is 0 Å². The van der Waals surface area contributed by atoms with Gasteiger partial charge in [-0.05, 0) is 36.9 Å². The lowest BCUT2D eigenvalue weighted by molar-refractivity contribution is 0.387. The zero-order valence-corrected chi connectivity index (χ0v) is 14.8. The van der Waals surface area contributed by atoms with Crippen LogP contribution in [0.1, 0.15) is 6.92 Å². The average molecular weight is 371 g/mol. The van der Waals surface area contributed by atoms with Gasteiger partial charge in [-0.25, -0.2) is 14.4 Å². The molecule has 0 saturated heterocycles. The smallest absolute Gasteiger partial charge is 0.200 e. The summed E-state index contributed by atoms with van der Waals surface area (Å²) in [5.74, 6) is 0.957. The molecule has 1 aromatic carbocycles. The van der Waals surface area contributed by atoms with Gasteiger partial charge in [-0.1, -0.05) is 0 Å². The topological polar surface area (TPSA) is 78.9 Å². The van der Waals surface area contributed by atoms with Gasteiger partial charge in [0.05, 0.1) is 18.9 Å². The number of benzene rings is 1. The van der Waals surface area contributed by atoms with Crippen molar-refractivity contribution in [3.8, 4) is 17.3 Å². The third-order valence-electron chi connectivity index (χ3n) is 3.83. The minimum Gasteiger partial charge on any atom is -0.494 e. The number of ether oxygens (including phenoxy) is 1. The van der Waals surface area contributed by atoms with E-state index in [2.05, 4.69) is 20.2 Å². The fraction of sp³-hybridized carbons (Fsp3) is 0.176. The molecule has 0 fully saturated rings. The highest BCUT2D eigenvalue weighted by molar-refractivity contribution is 7.99. The van der Waals surface area contributed by atoms with E-state index in [0.717, 1.165) is 0 Å². The molecule has 0 spiro atoms. The molecule has 0 aliphatic heterocycles. The van der Waals surface area contributed by atoms with Gasteiger partial charge >= 0.3 is 0 Å². The Hall–Kier alpha value is -2.94. The van der Waals surface area contributed by atoms with Crippen LogP contribution in [0.2, 0.25) is 0 Å². The normalized spacial score (nSPS) is 11.2. The molecule has 4 rings (SSSR count). The lowest BCUT2D eigenvalue weighted by Gasteiger charge is -2.08. The number of nitrogens with zero attached hydrogens (tertiary/aromatic N) is 5. The summed E-state index contributed by atoms with van der Waals surface area (Å²) in [6, 6.07) is 6.56. The molecule has 0 bridgehead atoms. The molecule has 9 heteroatoms. The SMILES string of the molecule is CCn1c(Sc2ncnc3cc(F)c(OC)cc23)nnc1-c1ccco1. The minimum atomic E-state index is -0.466. The lowest BCUT2D eigenvalue weighted by Crippen LogP contribution is -2.00. The molecule has 3 aromatic heterocycles. The van der Waals surface area contributed by atoms with Crippen LogP contribution in [0.15, 0.2) is 51.5 Å². The molecular weight excluding hydrogens is 357 g/mol. The molecule has 0 aliphatic carbocycles. The molecule has 0 atom stereocenters. The van der Waals surface area contributed by atoms with E-state index < -0.39 is 5.82 Å². The van der Waals surface area contributed by atoms with Crippen molar-refractivity contribution in [1.29, 1.82) is 0 Å². The summed E-state index contributed by atoms with van der Waals surface area (Å²) in [6.07, 6.45) is 2.99. The number of methoxy groups -OCH3 is 1. The van der Waals surface area contributed by atoms with Crippen LogP contribution >= 0.6 is 11.8 Å². The van der Waals surface area contributed by atoms with E-state index in [1.165, 1.54) is 31.3 Å². The Labute approximate surface area is 152 Å². The molecule has 26 heavy (non-hydrogen) atoms. The van der Waals surface area contributed by atoms with Crippen molar-refractivity contribution in [1.82, 2.24) is 24.7 Å². The number of fused-ring (bicyclic) bond motifs is 1. The average Bonchev–Trinajstić information content (AvgIpc) is 3.30. The number of hydrogen-bond donors (Lipinski definition) is 0. The first kappa shape index (κ1) is 16.5. The maximum atomic E-state index is 13.9. The van der Waals surface area contributed by atoms with Crippen LogP contribution in [-0.4, -0.2) is 31.8 Å². The maximum absolute atomic E-state index is 13.9. The van der Waals surface area contributed by atoms with Gasteiger partial charge in [-0.15, -0.1) is 10.2 Å². The van der Waals surface area contributed by atoms with Crippen LogP contribution < -0.4 is 4.74 Å². The van der Waals surface area contributed by atoms with Gasteiger partial charge < -0.3 is 9.15 Å². The van der Waals surface area contributed by atoms with Crippen molar-refractivity contribution in [2.24, 2.45) is 0 Å². The van der Waals surface area contributed by atoms with Crippen molar-refractivity contribution in [3.63, 3.8) is 0 Å². The van der Waals surface area contributed by atoms with Gasteiger partial charge in [0.2, 0.25) is 0 Å². The Balaban J connectivity index is 1.78.